The molecule has 0 aliphatic heterocycles. The maximum absolute atomic E-state index is 5.31. The van der Waals surface area contributed by atoms with Gasteiger partial charge in [0.2, 0.25) is 0 Å². The van der Waals surface area contributed by atoms with Crippen LogP contribution in [0.1, 0.15) is 5.56 Å². The molecular weight excluding hydrogens is 280 g/mol. The Morgan fingerprint density at radius 1 is 1.14 bits per heavy atom. The molecule has 3 aromatic rings. The van der Waals surface area contributed by atoms with Crippen LogP contribution in [-0.2, 0) is 6.42 Å². The van der Waals surface area contributed by atoms with Crippen molar-refractivity contribution in [1.82, 2.24) is 15.5 Å². The predicted octanol–water partition coefficient (Wildman–Crippen LogP) is 3.09. The number of nitrogens with zero attached hydrogens (tertiary/aromatic N) is 1. The van der Waals surface area contributed by atoms with E-state index in [1.165, 1.54) is 5.56 Å². The molecular formula is C16H16N4S. The lowest BCUT2D eigenvalue weighted by Gasteiger charge is -2.10. The summed E-state index contributed by atoms with van der Waals surface area (Å²) in [5, 5.41) is 15.0. The number of nitrogens with one attached hydrogen (secondary N) is 3. The molecule has 0 spiro atoms. The largest absolute Gasteiger partial charge is 0.362 e. The van der Waals surface area contributed by atoms with E-state index in [2.05, 4.69) is 33.0 Å². The molecule has 0 saturated carbocycles. The molecule has 5 heteroatoms. The Balaban J connectivity index is 1.51. The van der Waals surface area contributed by atoms with Crippen LogP contribution in [0.5, 0.6) is 0 Å². The minimum absolute atomic E-state index is 0.633. The summed E-state index contributed by atoms with van der Waals surface area (Å²) in [7, 11) is 0. The molecule has 106 valence electrons. The summed E-state index contributed by atoms with van der Waals surface area (Å²) in [4.78, 5) is 0. The van der Waals surface area contributed by atoms with Crippen LogP contribution in [0.4, 0.5) is 5.69 Å². The third-order valence-corrected chi connectivity index (χ3v) is 3.49. The van der Waals surface area contributed by atoms with Crippen molar-refractivity contribution in [3.63, 3.8) is 0 Å². The summed E-state index contributed by atoms with van der Waals surface area (Å²) >= 11 is 5.31. The van der Waals surface area contributed by atoms with Crippen LogP contribution >= 0.6 is 12.2 Å². The number of fused-ring (bicyclic) bond motifs is 1. The van der Waals surface area contributed by atoms with Gasteiger partial charge in [-0.25, -0.2) is 0 Å². The molecule has 2 aromatic carbocycles. The Morgan fingerprint density at radius 2 is 2.00 bits per heavy atom. The first-order valence-corrected chi connectivity index (χ1v) is 7.24. The van der Waals surface area contributed by atoms with Crippen LogP contribution < -0.4 is 10.6 Å². The highest BCUT2D eigenvalue weighted by Gasteiger charge is 2.00. The Hall–Kier alpha value is -2.40. The first kappa shape index (κ1) is 13.6. The first-order chi connectivity index (χ1) is 10.3. The number of benzene rings is 2. The van der Waals surface area contributed by atoms with Crippen molar-refractivity contribution in [3.05, 3.63) is 60.3 Å². The smallest absolute Gasteiger partial charge is 0.170 e. The molecule has 0 bridgehead atoms. The van der Waals surface area contributed by atoms with Crippen LogP contribution in [0, 0.1) is 0 Å². The predicted molar refractivity (Wildman–Crippen MR) is 90.5 cm³/mol. The summed E-state index contributed by atoms with van der Waals surface area (Å²) in [6.07, 6.45) is 2.75. The number of aromatic nitrogens is 2. The summed E-state index contributed by atoms with van der Waals surface area (Å²) in [6, 6.07) is 16.3. The fourth-order valence-corrected chi connectivity index (χ4v) is 2.38. The molecule has 0 radical (unpaired) electrons. The van der Waals surface area contributed by atoms with Crippen LogP contribution in [0.3, 0.4) is 0 Å². The van der Waals surface area contributed by atoms with Crippen LogP contribution in [0.2, 0.25) is 0 Å². The number of aromatic amines is 1. The number of hydrogen-bond acceptors (Lipinski definition) is 2. The van der Waals surface area contributed by atoms with Gasteiger partial charge in [0.1, 0.15) is 0 Å². The fraction of sp³-hybridized carbons (Fsp3) is 0.125. The summed E-state index contributed by atoms with van der Waals surface area (Å²) in [5.41, 5.74) is 3.28. The number of thiocarbonyl (C=S) groups is 1. The van der Waals surface area contributed by atoms with E-state index in [1.54, 1.807) is 6.20 Å². The molecule has 0 saturated heterocycles. The molecule has 0 atom stereocenters. The molecule has 4 nitrogen and oxygen atoms in total. The Labute approximate surface area is 128 Å². The molecule has 3 N–H and O–H groups in total. The van der Waals surface area contributed by atoms with E-state index in [0.717, 1.165) is 29.6 Å². The van der Waals surface area contributed by atoms with Gasteiger partial charge in [0, 0.05) is 17.6 Å². The zero-order chi connectivity index (χ0) is 14.5. The molecule has 0 fully saturated rings. The van der Waals surface area contributed by atoms with Gasteiger partial charge in [-0.1, -0.05) is 30.3 Å². The highest BCUT2D eigenvalue weighted by atomic mass is 32.1. The number of hydrogen-bond donors (Lipinski definition) is 3. The third kappa shape index (κ3) is 3.58. The summed E-state index contributed by atoms with van der Waals surface area (Å²) in [5.74, 6) is 0. The van der Waals surface area contributed by atoms with Gasteiger partial charge in [-0.15, -0.1) is 0 Å². The molecule has 1 heterocycles. The van der Waals surface area contributed by atoms with Gasteiger partial charge in [-0.05, 0) is 42.4 Å². The third-order valence-electron chi connectivity index (χ3n) is 3.24. The van der Waals surface area contributed by atoms with Crippen molar-refractivity contribution in [2.45, 2.75) is 6.42 Å². The summed E-state index contributed by atoms with van der Waals surface area (Å²) in [6.45, 7) is 0.809. The Bertz CT molecular complexity index is 736. The molecule has 0 unspecified atom stereocenters. The van der Waals surface area contributed by atoms with Gasteiger partial charge in [0.25, 0.3) is 0 Å². The monoisotopic (exact) mass is 296 g/mol. The van der Waals surface area contributed by atoms with E-state index in [4.69, 9.17) is 12.2 Å². The second-order valence-electron chi connectivity index (χ2n) is 4.79. The van der Waals surface area contributed by atoms with Gasteiger partial charge in [-0.3, -0.25) is 5.10 Å². The topological polar surface area (TPSA) is 52.7 Å². The van der Waals surface area contributed by atoms with E-state index < -0.39 is 0 Å². The number of H-pyrrole nitrogens is 1. The van der Waals surface area contributed by atoms with E-state index in [0.29, 0.717) is 5.11 Å². The van der Waals surface area contributed by atoms with Crippen molar-refractivity contribution in [2.24, 2.45) is 0 Å². The van der Waals surface area contributed by atoms with Gasteiger partial charge < -0.3 is 10.6 Å². The zero-order valence-electron chi connectivity index (χ0n) is 11.5. The van der Waals surface area contributed by atoms with Gasteiger partial charge in [-0.2, -0.15) is 5.10 Å². The van der Waals surface area contributed by atoms with Crippen LogP contribution in [0.15, 0.2) is 54.7 Å². The minimum atomic E-state index is 0.633. The lowest BCUT2D eigenvalue weighted by Crippen LogP contribution is -2.30. The molecule has 1 aromatic heterocycles. The molecule has 0 amide bonds. The van der Waals surface area contributed by atoms with Crippen molar-refractivity contribution >= 4 is 33.9 Å². The van der Waals surface area contributed by atoms with Gasteiger partial charge >= 0.3 is 0 Å². The molecule has 0 aliphatic rings. The first-order valence-electron chi connectivity index (χ1n) is 6.83. The van der Waals surface area contributed by atoms with Crippen molar-refractivity contribution < 1.29 is 0 Å². The minimum Gasteiger partial charge on any atom is -0.362 e. The van der Waals surface area contributed by atoms with Crippen molar-refractivity contribution in [2.75, 3.05) is 11.9 Å². The maximum atomic E-state index is 5.31. The SMILES string of the molecule is S=C(NCCc1ccccc1)Nc1ccc2[nH]ncc2c1. The molecule has 3 rings (SSSR count). The molecule has 21 heavy (non-hydrogen) atoms. The molecule has 0 aliphatic carbocycles. The normalized spacial score (nSPS) is 10.5. The maximum Gasteiger partial charge on any atom is 0.170 e. The van der Waals surface area contributed by atoms with Gasteiger partial charge in [0.15, 0.2) is 5.11 Å². The second kappa shape index (κ2) is 6.37. The van der Waals surface area contributed by atoms with Crippen LogP contribution in [-0.4, -0.2) is 21.9 Å². The average molecular weight is 296 g/mol. The van der Waals surface area contributed by atoms with E-state index in [9.17, 15) is 0 Å². The quantitative estimate of drug-likeness (QED) is 0.648. The lowest BCUT2D eigenvalue weighted by atomic mass is 10.1. The van der Waals surface area contributed by atoms with Gasteiger partial charge in [0.05, 0.1) is 11.7 Å². The lowest BCUT2D eigenvalue weighted by molar-refractivity contribution is 0.873. The average Bonchev–Trinajstić information content (AvgIpc) is 2.96. The van der Waals surface area contributed by atoms with E-state index >= 15 is 0 Å². The van der Waals surface area contributed by atoms with Crippen molar-refractivity contribution in [1.29, 1.82) is 0 Å². The van der Waals surface area contributed by atoms with E-state index in [-0.39, 0.29) is 0 Å². The zero-order valence-corrected chi connectivity index (χ0v) is 12.3. The highest BCUT2D eigenvalue weighted by Crippen LogP contribution is 2.16. The van der Waals surface area contributed by atoms with E-state index in [1.807, 2.05) is 36.4 Å². The standard InChI is InChI=1S/C16H16N4S/c21-16(17-9-8-12-4-2-1-3-5-12)19-14-6-7-15-13(10-14)11-18-20-15/h1-7,10-11H,8-9H2,(H,18,20)(H2,17,19,21). The highest BCUT2D eigenvalue weighted by molar-refractivity contribution is 7.80. The Morgan fingerprint density at radius 3 is 2.86 bits per heavy atom. The number of anilines is 1. The second-order valence-corrected chi connectivity index (χ2v) is 5.20. The number of rotatable bonds is 4. The summed E-state index contributed by atoms with van der Waals surface area (Å²) < 4.78 is 0. The Kier molecular flexibility index (Phi) is 4.12. The van der Waals surface area contributed by atoms with Crippen LogP contribution in [0.25, 0.3) is 10.9 Å². The van der Waals surface area contributed by atoms with Crippen molar-refractivity contribution in [3.8, 4) is 0 Å². The fourth-order valence-electron chi connectivity index (χ4n) is 2.16.